The van der Waals surface area contributed by atoms with Crippen molar-refractivity contribution >= 4 is 23.2 Å². The van der Waals surface area contributed by atoms with Crippen molar-refractivity contribution in [1.29, 1.82) is 0 Å². The molecule has 12 nitrogen and oxygen atoms in total. The van der Waals surface area contributed by atoms with Crippen LogP contribution in [0.2, 0.25) is 0 Å². The molecular weight excluding hydrogens is 334 g/mol. The number of methoxy groups -OCH3 is 1. The number of anilines is 1. The van der Waals surface area contributed by atoms with Crippen molar-refractivity contribution in [3.05, 3.63) is 27.7 Å². The average Bonchev–Trinajstić information content (AvgIpc) is 3.17. The Kier molecular flexibility index (Phi) is 5.00. The average molecular weight is 351 g/mol. The van der Waals surface area contributed by atoms with Crippen LogP contribution in [0.1, 0.15) is 27.9 Å². The van der Waals surface area contributed by atoms with Gasteiger partial charge in [0.2, 0.25) is 5.69 Å². The topological polar surface area (TPSA) is 148 Å². The van der Waals surface area contributed by atoms with Crippen LogP contribution in [0.3, 0.4) is 0 Å². The fourth-order valence-electron chi connectivity index (χ4n) is 2.13. The van der Waals surface area contributed by atoms with Gasteiger partial charge in [-0.1, -0.05) is 0 Å². The lowest BCUT2D eigenvalue weighted by Gasteiger charge is -2.13. The standard InChI is InChI=1S/C13H17N7O5/c1-5-19-9(13(22)18(2)3)7(6-14-19)15-11(21)8-10(20(23)24)12(25-4)17-16-8/h6H,5H2,1-4H3,(H,15,21)(H,16,17). The molecule has 0 radical (unpaired) electrons. The molecule has 0 bridgehead atoms. The Morgan fingerprint density at radius 2 is 2.16 bits per heavy atom. The number of nitrogens with one attached hydrogen (secondary N) is 2. The second-order valence-corrected chi connectivity index (χ2v) is 5.09. The number of carbonyl (C=O) groups is 2. The van der Waals surface area contributed by atoms with Crippen molar-refractivity contribution in [3.8, 4) is 5.88 Å². The van der Waals surface area contributed by atoms with E-state index in [-0.39, 0.29) is 23.2 Å². The van der Waals surface area contributed by atoms with E-state index in [9.17, 15) is 19.7 Å². The first kappa shape index (κ1) is 17.9. The van der Waals surface area contributed by atoms with Crippen molar-refractivity contribution in [3.63, 3.8) is 0 Å². The first-order valence-electron chi connectivity index (χ1n) is 7.17. The van der Waals surface area contributed by atoms with Gasteiger partial charge in [-0.05, 0) is 6.92 Å². The summed E-state index contributed by atoms with van der Waals surface area (Å²) in [7, 11) is 4.32. The molecule has 2 rings (SSSR count). The SMILES string of the molecule is CCn1ncc(NC(=O)c2[nH]nc(OC)c2[N+](=O)[O-])c1C(=O)N(C)C. The zero-order valence-corrected chi connectivity index (χ0v) is 14.1. The zero-order valence-electron chi connectivity index (χ0n) is 14.1. The number of nitrogens with zero attached hydrogens (tertiary/aromatic N) is 5. The number of ether oxygens (including phenoxy) is 1. The van der Waals surface area contributed by atoms with Gasteiger partial charge in [-0.15, -0.1) is 5.10 Å². The molecule has 0 unspecified atom stereocenters. The van der Waals surface area contributed by atoms with Crippen LogP contribution in [0.25, 0.3) is 0 Å². The van der Waals surface area contributed by atoms with Crippen LogP contribution in [0, 0.1) is 10.1 Å². The fourth-order valence-corrected chi connectivity index (χ4v) is 2.13. The summed E-state index contributed by atoms with van der Waals surface area (Å²) >= 11 is 0. The quantitative estimate of drug-likeness (QED) is 0.568. The Morgan fingerprint density at radius 3 is 2.68 bits per heavy atom. The van der Waals surface area contributed by atoms with Gasteiger partial charge in [0.25, 0.3) is 11.8 Å². The molecule has 0 saturated carbocycles. The van der Waals surface area contributed by atoms with E-state index in [0.717, 1.165) is 0 Å². The Bertz CT molecular complexity index is 823. The Hall–Kier alpha value is -3.44. The van der Waals surface area contributed by atoms with Crippen molar-refractivity contribution < 1.29 is 19.2 Å². The lowest BCUT2D eigenvalue weighted by molar-refractivity contribution is -0.386. The van der Waals surface area contributed by atoms with Gasteiger partial charge < -0.3 is 15.0 Å². The van der Waals surface area contributed by atoms with Crippen LogP contribution in [-0.2, 0) is 6.54 Å². The third-order valence-electron chi connectivity index (χ3n) is 3.31. The maximum absolute atomic E-state index is 12.4. The molecule has 0 aliphatic heterocycles. The molecule has 2 N–H and O–H groups in total. The molecule has 2 amide bonds. The van der Waals surface area contributed by atoms with E-state index >= 15 is 0 Å². The van der Waals surface area contributed by atoms with Crippen molar-refractivity contribution in [2.24, 2.45) is 0 Å². The third kappa shape index (κ3) is 3.27. The van der Waals surface area contributed by atoms with Gasteiger partial charge in [0, 0.05) is 20.6 Å². The number of rotatable bonds is 6. The lowest BCUT2D eigenvalue weighted by atomic mass is 10.3. The van der Waals surface area contributed by atoms with E-state index in [1.54, 1.807) is 21.0 Å². The minimum absolute atomic E-state index is 0.133. The van der Waals surface area contributed by atoms with Gasteiger partial charge >= 0.3 is 11.6 Å². The second kappa shape index (κ2) is 6.98. The largest absolute Gasteiger partial charge is 0.475 e. The molecular formula is C13H17N7O5. The number of carbonyl (C=O) groups excluding carboxylic acids is 2. The van der Waals surface area contributed by atoms with Crippen LogP contribution in [-0.4, -0.2) is 62.8 Å². The molecule has 2 aromatic heterocycles. The highest BCUT2D eigenvalue weighted by molar-refractivity contribution is 6.09. The van der Waals surface area contributed by atoms with Crippen LogP contribution in [0.4, 0.5) is 11.4 Å². The maximum atomic E-state index is 12.4. The summed E-state index contributed by atoms with van der Waals surface area (Å²) in [5.74, 6) is -1.53. The van der Waals surface area contributed by atoms with Crippen LogP contribution < -0.4 is 10.1 Å². The van der Waals surface area contributed by atoms with Gasteiger partial charge in [0.1, 0.15) is 5.69 Å². The van der Waals surface area contributed by atoms with E-state index in [4.69, 9.17) is 4.74 Å². The Balaban J connectivity index is 2.40. The number of hydrogen-bond donors (Lipinski definition) is 2. The van der Waals surface area contributed by atoms with Gasteiger partial charge in [0.15, 0.2) is 0 Å². The summed E-state index contributed by atoms with van der Waals surface area (Å²) < 4.78 is 6.18. The van der Waals surface area contributed by atoms with E-state index < -0.39 is 22.2 Å². The molecule has 0 aromatic carbocycles. The normalized spacial score (nSPS) is 10.4. The molecule has 2 heterocycles. The molecule has 2 aromatic rings. The summed E-state index contributed by atoms with van der Waals surface area (Å²) in [6.45, 7) is 2.19. The van der Waals surface area contributed by atoms with E-state index in [1.165, 1.54) is 22.9 Å². The summed E-state index contributed by atoms with van der Waals surface area (Å²) in [5.41, 5.74) is -0.693. The highest BCUT2D eigenvalue weighted by Crippen LogP contribution is 2.28. The van der Waals surface area contributed by atoms with Gasteiger partial charge in [-0.2, -0.15) is 5.10 Å². The number of H-pyrrole nitrogens is 1. The monoisotopic (exact) mass is 351 g/mol. The fraction of sp³-hybridized carbons (Fsp3) is 0.385. The minimum Gasteiger partial charge on any atom is -0.475 e. The smallest absolute Gasteiger partial charge is 0.362 e. The maximum Gasteiger partial charge on any atom is 0.362 e. The van der Waals surface area contributed by atoms with Gasteiger partial charge in [0.05, 0.1) is 23.9 Å². The van der Waals surface area contributed by atoms with E-state index in [0.29, 0.717) is 6.54 Å². The third-order valence-corrected chi connectivity index (χ3v) is 3.31. The number of aromatic nitrogens is 4. The summed E-state index contributed by atoms with van der Waals surface area (Å²) in [5, 5.41) is 23.5. The van der Waals surface area contributed by atoms with Crippen LogP contribution in [0.15, 0.2) is 6.20 Å². The molecule has 0 aliphatic carbocycles. The molecule has 0 fully saturated rings. The molecule has 0 saturated heterocycles. The zero-order chi connectivity index (χ0) is 18.7. The first-order chi connectivity index (χ1) is 11.8. The molecule has 0 aliphatic rings. The molecule has 0 spiro atoms. The summed E-state index contributed by atoms with van der Waals surface area (Å²) in [6.07, 6.45) is 1.30. The van der Waals surface area contributed by atoms with Crippen molar-refractivity contribution in [1.82, 2.24) is 24.9 Å². The Labute approximate surface area is 141 Å². The second-order valence-electron chi connectivity index (χ2n) is 5.09. The predicted molar refractivity (Wildman–Crippen MR) is 85.7 cm³/mol. The summed E-state index contributed by atoms with van der Waals surface area (Å²) in [4.78, 5) is 36.4. The van der Waals surface area contributed by atoms with E-state index in [1.807, 2.05) is 0 Å². The van der Waals surface area contributed by atoms with Crippen LogP contribution in [0.5, 0.6) is 5.88 Å². The van der Waals surface area contributed by atoms with Crippen molar-refractivity contribution in [2.75, 3.05) is 26.5 Å². The van der Waals surface area contributed by atoms with Gasteiger partial charge in [-0.25, -0.2) is 0 Å². The number of aromatic amines is 1. The first-order valence-corrected chi connectivity index (χ1v) is 7.17. The number of amides is 2. The van der Waals surface area contributed by atoms with Crippen LogP contribution >= 0.6 is 0 Å². The predicted octanol–water partition coefficient (Wildman–Crippen LogP) is 0.497. The van der Waals surface area contributed by atoms with Crippen molar-refractivity contribution in [2.45, 2.75) is 13.5 Å². The number of aryl methyl sites for hydroxylation is 1. The Morgan fingerprint density at radius 1 is 1.48 bits per heavy atom. The highest BCUT2D eigenvalue weighted by Gasteiger charge is 2.31. The number of nitro groups is 1. The van der Waals surface area contributed by atoms with E-state index in [2.05, 4.69) is 20.6 Å². The summed E-state index contributed by atoms with van der Waals surface area (Å²) in [6, 6.07) is 0. The van der Waals surface area contributed by atoms with Gasteiger partial charge in [-0.3, -0.25) is 29.5 Å². The lowest BCUT2D eigenvalue weighted by Crippen LogP contribution is -2.26. The molecule has 134 valence electrons. The molecule has 0 atom stereocenters. The number of hydrogen-bond acceptors (Lipinski definition) is 7. The molecule has 12 heteroatoms. The highest BCUT2D eigenvalue weighted by atomic mass is 16.6. The molecule has 25 heavy (non-hydrogen) atoms. The minimum atomic E-state index is -0.842.